The Bertz CT molecular complexity index is 1630. The van der Waals surface area contributed by atoms with Crippen LogP contribution in [0, 0.1) is 17.1 Å². The van der Waals surface area contributed by atoms with Gasteiger partial charge in [0.15, 0.2) is 0 Å². The molecule has 0 aliphatic heterocycles. The zero-order valence-corrected chi connectivity index (χ0v) is 25.6. The normalized spacial score (nSPS) is 11.5. The van der Waals surface area contributed by atoms with Gasteiger partial charge in [-0.3, -0.25) is 9.78 Å². The van der Waals surface area contributed by atoms with Crippen molar-refractivity contribution >= 4 is 24.9 Å². The number of hydrogen-bond acceptors (Lipinski definition) is 7. The molecule has 0 aliphatic rings. The molecule has 0 spiro atoms. The van der Waals surface area contributed by atoms with E-state index in [4.69, 9.17) is 9.47 Å². The number of aliphatic hydroxyl groups is 1. The molecule has 0 atom stereocenters. The van der Waals surface area contributed by atoms with Crippen molar-refractivity contribution in [3.63, 3.8) is 0 Å². The number of fused-ring (bicyclic) bond motifs is 1. The second-order valence-corrected chi connectivity index (χ2v) is 16.9. The molecule has 9 nitrogen and oxygen atoms in total. The van der Waals surface area contributed by atoms with Gasteiger partial charge in [0.25, 0.3) is 5.91 Å². The number of halogens is 1. The summed E-state index contributed by atoms with van der Waals surface area (Å²) < 4.78 is 28.9. The van der Waals surface area contributed by atoms with Gasteiger partial charge in [0.1, 0.15) is 18.3 Å². The van der Waals surface area contributed by atoms with Crippen molar-refractivity contribution in [2.75, 3.05) is 20.3 Å². The molecule has 4 rings (SSSR count). The van der Waals surface area contributed by atoms with Crippen molar-refractivity contribution in [2.45, 2.75) is 52.5 Å². The van der Waals surface area contributed by atoms with E-state index >= 15 is 4.39 Å². The van der Waals surface area contributed by atoms with E-state index in [-0.39, 0.29) is 25.4 Å². The smallest absolute Gasteiger partial charge is 0.257 e. The molecule has 0 saturated carbocycles. The molecule has 42 heavy (non-hydrogen) atoms. The Morgan fingerprint density at radius 1 is 1.21 bits per heavy atom. The molecule has 0 unspecified atom stereocenters. The van der Waals surface area contributed by atoms with Gasteiger partial charge in [-0.15, -0.1) is 0 Å². The van der Waals surface area contributed by atoms with Crippen LogP contribution < -0.4 is 4.74 Å². The summed E-state index contributed by atoms with van der Waals surface area (Å²) in [5.41, 5.74) is 3.21. The first kappa shape index (κ1) is 30.8. The predicted octanol–water partition coefficient (Wildman–Crippen LogP) is 5.58. The molecule has 11 heteroatoms. The molecule has 0 fully saturated rings. The highest BCUT2D eigenvalue weighted by Gasteiger charge is 2.23. The van der Waals surface area contributed by atoms with Crippen molar-refractivity contribution in [2.24, 2.45) is 0 Å². The summed E-state index contributed by atoms with van der Waals surface area (Å²) in [5.74, 6) is -0.898. The Morgan fingerprint density at radius 2 is 2.00 bits per heavy atom. The minimum absolute atomic E-state index is 0.115. The monoisotopic (exact) mass is 589 g/mol. The van der Waals surface area contributed by atoms with Gasteiger partial charge < -0.3 is 19.5 Å². The molecule has 0 radical (unpaired) electrons. The zero-order chi connectivity index (χ0) is 30.4. The van der Waals surface area contributed by atoms with Crippen LogP contribution in [0.5, 0.6) is 5.75 Å². The predicted molar refractivity (Wildman–Crippen MR) is 161 cm³/mol. The van der Waals surface area contributed by atoms with Crippen LogP contribution in [-0.2, 0) is 24.6 Å². The number of benzene rings is 2. The summed E-state index contributed by atoms with van der Waals surface area (Å²) in [6.45, 7) is 9.64. The minimum Gasteiger partial charge on any atom is -0.493 e. The molecular formula is C31H36FN5O4Si. The molecule has 2 aromatic carbocycles. The van der Waals surface area contributed by atoms with E-state index in [0.29, 0.717) is 57.8 Å². The molecule has 0 saturated heterocycles. The maximum Gasteiger partial charge on any atom is 0.257 e. The third kappa shape index (κ3) is 7.02. The number of amides is 1. The highest BCUT2D eigenvalue weighted by molar-refractivity contribution is 6.76. The SMILES string of the molecule is CCOc1cc(C(=O)N(C)Cc2cnc(CO)c3cnn(COCC[Si](C)(C)C)c23)c(F)cc1-c1cccc(C#N)c1. The summed E-state index contributed by atoms with van der Waals surface area (Å²) >= 11 is 0. The molecule has 0 aliphatic carbocycles. The highest BCUT2D eigenvalue weighted by Crippen LogP contribution is 2.34. The molecular weight excluding hydrogens is 553 g/mol. The van der Waals surface area contributed by atoms with Gasteiger partial charge in [-0.25, -0.2) is 9.07 Å². The van der Waals surface area contributed by atoms with E-state index in [0.717, 1.165) is 6.04 Å². The Kier molecular flexibility index (Phi) is 9.73. The molecule has 4 aromatic rings. The maximum absolute atomic E-state index is 15.5. The summed E-state index contributed by atoms with van der Waals surface area (Å²) in [7, 11) is 0.326. The van der Waals surface area contributed by atoms with Crippen molar-refractivity contribution in [3.05, 3.63) is 77.0 Å². The van der Waals surface area contributed by atoms with Gasteiger partial charge in [-0.2, -0.15) is 10.4 Å². The van der Waals surface area contributed by atoms with Gasteiger partial charge >= 0.3 is 0 Å². The fraction of sp³-hybridized carbons (Fsp3) is 0.355. The number of aromatic nitrogens is 3. The van der Waals surface area contributed by atoms with Crippen LogP contribution >= 0.6 is 0 Å². The molecule has 220 valence electrons. The van der Waals surface area contributed by atoms with E-state index in [2.05, 4.69) is 35.8 Å². The first-order chi connectivity index (χ1) is 20.1. The largest absolute Gasteiger partial charge is 0.493 e. The standard InChI is InChI=1S/C31H36FN5O4Si/c1-6-41-29-14-25(27(32)13-24(29)22-9-7-8-21(12-22)15-33)31(39)36(2)18-23-16-34-28(19-38)26-17-35-37(30(23)26)20-40-10-11-42(3,4)5/h7-9,12-14,16-17,38H,6,10-11,18-20H2,1-5H3. The average molecular weight is 590 g/mol. The number of rotatable bonds is 12. The first-order valence-electron chi connectivity index (χ1n) is 13.8. The van der Waals surface area contributed by atoms with Crippen molar-refractivity contribution in [1.29, 1.82) is 5.26 Å². The summed E-state index contributed by atoms with van der Waals surface area (Å²) in [4.78, 5) is 19.3. The fourth-order valence-corrected chi connectivity index (χ4v) is 5.35. The second kappa shape index (κ2) is 13.2. The molecule has 0 bridgehead atoms. The number of ether oxygens (including phenoxy) is 2. The quantitative estimate of drug-likeness (QED) is 0.169. The van der Waals surface area contributed by atoms with Gasteiger partial charge in [-0.05, 0) is 42.8 Å². The van der Waals surface area contributed by atoms with E-state index in [1.807, 2.05) is 0 Å². The van der Waals surface area contributed by atoms with Gasteiger partial charge in [-0.1, -0.05) is 31.8 Å². The van der Waals surface area contributed by atoms with Crippen molar-refractivity contribution < 1.29 is 23.8 Å². The number of nitriles is 1. The topological polar surface area (TPSA) is 114 Å². The highest BCUT2D eigenvalue weighted by atomic mass is 28.3. The number of pyridine rings is 1. The molecule has 2 aromatic heterocycles. The van der Waals surface area contributed by atoms with Crippen LogP contribution in [0.2, 0.25) is 25.7 Å². The van der Waals surface area contributed by atoms with Gasteiger partial charge in [0.2, 0.25) is 0 Å². The van der Waals surface area contributed by atoms with Gasteiger partial charge in [0.05, 0.1) is 47.8 Å². The molecule has 1 N–H and O–H groups in total. The first-order valence-corrected chi connectivity index (χ1v) is 17.5. The molecule has 1 amide bonds. The Morgan fingerprint density at radius 3 is 2.69 bits per heavy atom. The Balaban J connectivity index is 1.63. The number of carbonyl (C=O) groups is 1. The van der Waals surface area contributed by atoms with Crippen LogP contribution in [0.4, 0.5) is 4.39 Å². The van der Waals surface area contributed by atoms with Crippen molar-refractivity contribution in [1.82, 2.24) is 19.7 Å². The van der Waals surface area contributed by atoms with Crippen molar-refractivity contribution in [3.8, 4) is 22.9 Å². The maximum atomic E-state index is 15.5. The van der Waals surface area contributed by atoms with Crippen LogP contribution in [0.25, 0.3) is 22.0 Å². The van der Waals surface area contributed by atoms with Crippen LogP contribution in [-0.4, -0.2) is 59.0 Å². The van der Waals surface area contributed by atoms with Crippen LogP contribution in [0.15, 0.2) is 48.8 Å². The fourth-order valence-electron chi connectivity index (χ4n) is 4.60. The summed E-state index contributed by atoms with van der Waals surface area (Å²) in [5, 5.41) is 24.2. The Hall–Kier alpha value is -4.11. The number of nitrogens with zero attached hydrogens (tertiary/aromatic N) is 5. The summed E-state index contributed by atoms with van der Waals surface area (Å²) in [6, 6.07) is 12.6. The van der Waals surface area contributed by atoms with Crippen LogP contribution in [0.3, 0.4) is 0 Å². The number of aliphatic hydroxyl groups excluding tert-OH is 1. The lowest BCUT2D eigenvalue weighted by molar-refractivity contribution is 0.0776. The molecule has 2 heterocycles. The Labute approximate surface area is 246 Å². The minimum atomic E-state index is -1.26. The lowest BCUT2D eigenvalue weighted by Gasteiger charge is -2.20. The van der Waals surface area contributed by atoms with E-state index in [1.165, 1.54) is 17.0 Å². The van der Waals surface area contributed by atoms with E-state index in [9.17, 15) is 15.2 Å². The average Bonchev–Trinajstić information content (AvgIpc) is 3.40. The number of hydrogen-bond donors (Lipinski definition) is 1. The lowest BCUT2D eigenvalue weighted by atomic mass is 9.99. The third-order valence-corrected chi connectivity index (χ3v) is 8.55. The number of carbonyl (C=O) groups excluding carboxylic acids is 1. The zero-order valence-electron chi connectivity index (χ0n) is 24.6. The summed E-state index contributed by atoms with van der Waals surface area (Å²) in [6.07, 6.45) is 3.24. The van der Waals surface area contributed by atoms with E-state index < -0.39 is 19.8 Å². The van der Waals surface area contributed by atoms with Gasteiger partial charge in [0, 0.05) is 51.0 Å². The lowest BCUT2D eigenvalue weighted by Crippen LogP contribution is -2.27. The van der Waals surface area contributed by atoms with E-state index in [1.54, 1.807) is 55.3 Å². The second-order valence-electron chi connectivity index (χ2n) is 11.3. The third-order valence-electron chi connectivity index (χ3n) is 6.85. The van der Waals surface area contributed by atoms with Crippen LogP contribution in [0.1, 0.15) is 34.1 Å².